The molecule has 0 saturated carbocycles. The normalized spacial score (nSPS) is 11.5. The fourth-order valence-corrected chi connectivity index (χ4v) is 2.50. The van der Waals surface area contributed by atoms with Gasteiger partial charge < -0.3 is 14.8 Å². The molecule has 2 aromatic carbocycles. The zero-order valence-corrected chi connectivity index (χ0v) is 16.8. The fourth-order valence-electron chi connectivity index (χ4n) is 2.50. The predicted molar refractivity (Wildman–Crippen MR) is 111 cm³/mol. The zero-order valence-electron chi connectivity index (χ0n) is 16.8. The van der Waals surface area contributed by atoms with Gasteiger partial charge in [-0.2, -0.15) is 0 Å². The van der Waals surface area contributed by atoms with Crippen molar-refractivity contribution in [1.82, 2.24) is 0 Å². The molecular formula is C23H33NO2. The van der Waals surface area contributed by atoms with Crippen LogP contribution in [0.4, 0.5) is 5.69 Å². The zero-order chi connectivity index (χ0) is 19.0. The SMILES string of the molecule is CCC(C)(C)c1ccc(OCCNc2ccc(OCC(C)C)cc2)cc1. The van der Waals surface area contributed by atoms with Crippen molar-refractivity contribution < 1.29 is 9.47 Å². The standard InChI is InChI=1S/C23H33NO2/c1-6-23(4,5)19-7-11-21(12-8-19)25-16-15-24-20-9-13-22(14-10-20)26-17-18(2)3/h7-14,18,24H,6,15-17H2,1-5H3. The summed E-state index contributed by atoms with van der Waals surface area (Å²) in [7, 11) is 0. The lowest BCUT2D eigenvalue weighted by Gasteiger charge is -2.23. The first kappa shape index (κ1) is 20.2. The molecule has 2 rings (SSSR count). The minimum atomic E-state index is 0.213. The third-order valence-corrected chi connectivity index (χ3v) is 4.66. The minimum absolute atomic E-state index is 0.213. The number of nitrogens with one attached hydrogen (secondary N) is 1. The Labute approximate surface area is 158 Å². The van der Waals surface area contributed by atoms with Crippen molar-refractivity contribution in [3.05, 3.63) is 54.1 Å². The Morgan fingerprint density at radius 2 is 1.46 bits per heavy atom. The van der Waals surface area contributed by atoms with Crippen LogP contribution in [0.25, 0.3) is 0 Å². The lowest BCUT2D eigenvalue weighted by Crippen LogP contribution is -2.15. The smallest absolute Gasteiger partial charge is 0.119 e. The fraction of sp³-hybridized carbons (Fsp3) is 0.478. The molecule has 0 atom stereocenters. The molecule has 0 amide bonds. The van der Waals surface area contributed by atoms with Gasteiger partial charge in [0.2, 0.25) is 0 Å². The van der Waals surface area contributed by atoms with Gasteiger partial charge in [0.05, 0.1) is 6.61 Å². The Morgan fingerprint density at radius 3 is 2.04 bits per heavy atom. The molecule has 26 heavy (non-hydrogen) atoms. The van der Waals surface area contributed by atoms with Crippen LogP contribution in [0.1, 0.15) is 46.6 Å². The summed E-state index contributed by atoms with van der Waals surface area (Å²) in [4.78, 5) is 0. The van der Waals surface area contributed by atoms with E-state index < -0.39 is 0 Å². The molecule has 0 unspecified atom stereocenters. The molecule has 142 valence electrons. The van der Waals surface area contributed by atoms with Gasteiger partial charge in [-0.3, -0.25) is 0 Å². The summed E-state index contributed by atoms with van der Waals surface area (Å²) in [6.07, 6.45) is 1.12. The lowest BCUT2D eigenvalue weighted by atomic mass is 9.82. The molecule has 0 saturated heterocycles. The number of ether oxygens (including phenoxy) is 2. The number of rotatable bonds is 10. The minimum Gasteiger partial charge on any atom is -0.493 e. The second-order valence-corrected chi connectivity index (χ2v) is 7.77. The summed E-state index contributed by atoms with van der Waals surface area (Å²) in [6, 6.07) is 16.5. The first-order valence-electron chi connectivity index (χ1n) is 9.61. The predicted octanol–water partition coefficient (Wildman–Crippen LogP) is 5.90. The summed E-state index contributed by atoms with van der Waals surface area (Å²) in [5.41, 5.74) is 2.64. The van der Waals surface area contributed by atoms with Gasteiger partial charge >= 0.3 is 0 Å². The maximum Gasteiger partial charge on any atom is 0.119 e. The van der Waals surface area contributed by atoms with Crippen molar-refractivity contribution in [2.24, 2.45) is 5.92 Å². The number of hydrogen-bond acceptors (Lipinski definition) is 3. The van der Waals surface area contributed by atoms with E-state index in [2.05, 4.69) is 64.2 Å². The Bertz CT molecular complexity index is 645. The first-order valence-corrected chi connectivity index (χ1v) is 9.61. The molecule has 0 heterocycles. The van der Waals surface area contributed by atoms with E-state index in [0.29, 0.717) is 12.5 Å². The Hall–Kier alpha value is -2.16. The molecule has 0 radical (unpaired) electrons. The number of anilines is 1. The average Bonchev–Trinajstić information content (AvgIpc) is 2.65. The third kappa shape index (κ3) is 6.29. The molecule has 3 heteroatoms. The Balaban J connectivity index is 1.73. The van der Waals surface area contributed by atoms with Crippen molar-refractivity contribution in [3.8, 4) is 11.5 Å². The van der Waals surface area contributed by atoms with Crippen molar-refractivity contribution in [1.29, 1.82) is 0 Å². The summed E-state index contributed by atoms with van der Waals surface area (Å²) >= 11 is 0. The quantitative estimate of drug-likeness (QED) is 0.538. The van der Waals surface area contributed by atoms with E-state index in [1.165, 1.54) is 5.56 Å². The number of hydrogen-bond donors (Lipinski definition) is 1. The molecule has 0 aliphatic carbocycles. The summed E-state index contributed by atoms with van der Waals surface area (Å²) in [6.45, 7) is 13.2. The van der Waals surface area contributed by atoms with Crippen LogP contribution in [0.2, 0.25) is 0 Å². The van der Waals surface area contributed by atoms with Gasteiger partial charge in [-0.25, -0.2) is 0 Å². The summed E-state index contributed by atoms with van der Waals surface area (Å²) in [5, 5.41) is 3.37. The molecule has 0 fully saturated rings. The van der Waals surface area contributed by atoms with Gasteiger partial charge in [-0.1, -0.05) is 46.8 Å². The highest BCUT2D eigenvalue weighted by Crippen LogP contribution is 2.28. The van der Waals surface area contributed by atoms with E-state index >= 15 is 0 Å². The van der Waals surface area contributed by atoms with E-state index in [-0.39, 0.29) is 5.41 Å². The van der Waals surface area contributed by atoms with Gasteiger partial charge in [0.1, 0.15) is 18.1 Å². The second-order valence-electron chi connectivity index (χ2n) is 7.77. The van der Waals surface area contributed by atoms with E-state index in [1.54, 1.807) is 0 Å². The van der Waals surface area contributed by atoms with Crippen molar-refractivity contribution >= 4 is 5.69 Å². The van der Waals surface area contributed by atoms with Gasteiger partial charge in [0.15, 0.2) is 0 Å². The summed E-state index contributed by atoms with van der Waals surface area (Å²) in [5.74, 6) is 2.36. The molecule has 2 aromatic rings. The van der Waals surface area contributed by atoms with Crippen molar-refractivity contribution in [3.63, 3.8) is 0 Å². The van der Waals surface area contributed by atoms with E-state index in [0.717, 1.165) is 36.8 Å². The number of benzene rings is 2. The topological polar surface area (TPSA) is 30.5 Å². The molecule has 0 aliphatic rings. The molecule has 1 N–H and O–H groups in total. The van der Waals surface area contributed by atoms with Gasteiger partial charge in [0, 0.05) is 12.2 Å². The summed E-state index contributed by atoms with van der Waals surface area (Å²) < 4.78 is 11.5. The monoisotopic (exact) mass is 355 g/mol. The van der Waals surface area contributed by atoms with Gasteiger partial charge in [-0.05, 0) is 59.7 Å². The van der Waals surface area contributed by atoms with Crippen LogP contribution >= 0.6 is 0 Å². The highest BCUT2D eigenvalue weighted by Gasteiger charge is 2.17. The first-order chi connectivity index (χ1) is 12.4. The van der Waals surface area contributed by atoms with Crippen LogP contribution in [0.3, 0.4) is 0 Å². The Kier molecular flexibility index (Phi) is 7.38. The van der Waals surface area contributed by atoms with Gasteiger partial charge in [-0.15, -0.1) is 0 Å². The van der Waals surface area contributed by atoms with Crippen molar-refractivity contribution in [2.75, 3.05) is 25.1 Å². The molecule has 0 bridgehead atoms. The molecule has 0 aliphatic heterocycles. The van der Waals surface area contributed by atoms with Crippen LogP contribution in [0, 0.1) is 5.92 Å². The van der Waals surface area contributed by atoms with Gasteiger partial charge in [0.25, 0.3) is 0 Å². The molecule has 0 aromatic heterocycles. The Morgan fingerprint density at radius 1 is 0.885 bits per heavy atom. The van der Waals surface area contributed by atoms with Crippen LogP contribution in [-0.4, -0.2) is 19.8 Å². The molecule has 3 nitrogen and oxygen atoms in total. The van der Waals surface area contributed by atoms with E-state index in [1.807, 2.05) is 24.3 Å². The van der Waals surface area contributed by atoms with Crippen LogP contribution in [0.5, 0.6) is 11.5 Å². The second kappa shape index (κ2) is 9.51. The maximum absolute atomic E-state index is 5.83. The molecule has 0 spiro atoms. The average molecular weight is 356 g/mol. The van der Waals surface area contributed by atoms with Crippen LogP contribution in [-0.2, 0) is 5.41 Å². The third-order valence-electron chi connectivity index (χ3n) is 4.66. The van der Waals surface area contributed by atoms with Crippen molar-refractivity contribution in [2.45, 2.75) is 46.5 Å². The van der Waals surface area contributed by atoms with Crippen LogP contribution in [0.15, 0.2) is 48.5 Å². The lowest BCUT2D eigenvalue weighted by molar-refractivity contribution is 0.271. The maximum atomic E-state index is 5.83. The highest BCUT2D eigenvalue weighted by molar-refractivity contribution is 5.46. The van der Waals surface area contributed by atoms with Crippen LogP contribution < -0.4 is 14.8 Å². The molecular weight excluding hydrogens is 322 g/mol. The highest BCUT2D eigenvalue weighted by atomic mass is 16.5. The largest absolute Gasteiger partial charge is 0.493 e. The van der Waals surface area contributed by atoms with E-state index in [4.69, 9.17) is 9.47 Å². The van der Waals surface area contributed by atoms with E-state index in [9.17, 15) is 0 Å².